The third-order valence-corrected chi connectivity index (χ3v) is 5.20. The van der Waals surface area contributed by atoms with Crippen molar-refractivity contribution in [2.75, 3.05) is 5.84 Å². The maximum Gasteiger partial charge on any atom is 0.210 e. The number of aromatic nitrogens is 5. The van der Waals surface area contributed by atoms with Gasteiger partial charge in [0.25, 0.3) is 0 Å². The van der Waals surface area contributed by atoms with Gasteiger partial charge in [0, 0.05) is 23.7 Å². The lowest BCUT2D eigenvalue weighted by Gasteiger charge is -2.06. The van der Waals surface area contributed by atoms with Crippen LogP contribution in [0.5, 0.6) is 0 Å². The van der Waals surface area contributed by atoms with Crippen LogP contribution in [0.3, 0.4) is 0 Å². The summed E-state index contributed by atoms with van der Waals surface area (Å²) in [6, 6.07) is 17.5. The number of hydrogen-bond acceptors (Lipinski definition) is 5. The molecule has 2 heterocycles. The van der Waals surface area contributed by atoms with Crippen LogP contribution in [0.2, 0.25) is 5.02 Å². The molecule has 4 aromatic rings. The molecular weight excluding hydrogens is 368 g/mol. The molecule has 0 amide bonds. The first-order valence-electron chi connectivity index (χ1n) is 7.89. The van der Waals surface area contributed by atoms with Crippen LogP contribution in [-0.4, -0.2) is 24.7 Å². The van der Waals surface area contributed by atoms with E-state index < -0.39 is 0 Å². The lowest BCUT2D eigenvalue weighted by atomic mass is 10.2. The lowest BCUT2D eigenvalue weighted by Crippen LogP contribution is -2.11. The van der Waals surface area contributed by atoms with Gasteiger partial charge >= 0.3 is 0 Å². The fraction of sp³-hybridized carbons (Fsp3) is 0.0556. The smallest absolute Gasteiger partial charge is 0.210 e. The van der Waals surface area contributed by atoms with Gasteiger partial charge in [-0.25, -0.2) is 9.36 Å². The molecule has 4 rings (SSSR count). The summed E-state index contributed by atoms with van der Waals surface area (Å²) in [5, 5.41) is 13.8. The second-order valence-corrected chi connectivity index (χ2v) is 6.91. The topological polar surface area (TPSA) is 74.5 Å². The zero-order valence-electron chi connectivity index (χ0n) is 13.7. The predicted molar refractivity (Wildman–Crippen MR) is 104 cm³/mol. The molecule has 6 nitrogen and oxygen atoms in total. The largest absolute Gasteiger partial charge is 0.335 e. The molecule has 26 heavy (non-hydrogen) atoms. The van der Waals surface area contributed by atoms with Gasteiger partial charge in [-0.2, -0.15) is 5.10 Å². The normalized spacial score (nSPS) is 11.0. The fourth-order valence-corrected chi connectivity index (χ4v) is 3.55. The number of halogens is 1. The standard InChI is InChI=1S/C18H15ClN6S/c19-16-5-2-1-4-15(16)17-22-23-18(25(17)20)26-12-13-6-8-14(9-7-13)24-11-3-10-21-24/h1-11H,12,20H2. The Morgan fingerprint density at radius 2 is 1.81 bits per heavy atom. The van der Waals surface area contributed by atoms with Crippen molar-refractivity contribution in [3.63, 3.8) is 0 Å². The van der Waals surface area contributed by atoms with E-state index in [0.29, 0.717) is 16.0 Å². The Morgan fingerprint density at radius 1 is 1.00 bits per heavy atom. The van der Waals surface area contributed by atoms with Gasteiger partial charge in [0.1, 0.15) is 0 Å². The molecule has 0 unspecified atom stereocenters. The minimum atomic E-state index is 0.548. The van der Waals surface area contributed by atoms with Crippen LogP contribution in [0, 0.1) is 0 Å². The van der Waals surface area contributed by atoms with Gasteiger partial charge in [-0.05, 0) is 35.9 Å². The van der Waals surface area contributed by atoms with Gasteiger partial charge in [0.05, 0.1) is 10.7 Å². The van der Waals surface area contributed by atoms with E-state index in [-0.39, 0.29) is 0 Å². The maximum atomic E-state index is 6.22. The number of thioether (sulfide) groups is 1. The molecule has 2 aromatic heterocycles. The zero-order valence-corrected chi connectivity index (χ0v) is 15.2. The fourth-order valence-electron chi connectivity index (χ4n) is 2.52. The molecule has 0 radical (unpaired) electrons. The summed E-state index contributed by atoms with van der Waals surface area (Å²) in [5.41, 5.74) is 2.94. The van der Waals surface area contributed by atoms with E-state index in [1.807, 2.05) is 47.3 Å². The van der Waals surface area contributed by atoms with Crippen molar-refractivity contribution >= 4 is 23.4 Å². The SMILES string of the molecule is Nn1c(SCc2ccc(-n3cccn3)cc2)nnc1-c1ccccc1Cl. The molecule has 0 fully saturated rings. The quantitative estimate of drug-likeness (QED) is 0.420. The zero-order chi connectivity index (χ0) is 17.9. The van der Waals surface area contributed by atoms with E-state index in [2.05, 4.69) is 27.4 Å². The van der Waals surface area contributed by atoms with Crippen molar-refractivity contribution < 1.29 is 0 Å². The van der Waals surface area contributed by atoms with Gasteiger partial charge in [0.15, 0.2) is 5.82 Å². The van der Waals surface area contributed by atoms with Crippen LogP contribution >= 0.6 is 23.4 Å². The average molecular weight is 383 g/mol. The van der Waals surface area contributed by atoms with E-state index >= 15 is 0 Å². The number of hydrogen-bond donors (Lipinski definition) is 1. The van der Waals surface area contributed by atoms with Crippen molar-refractivity contribution in [1.29, 1.82) is 0 Å². The molecule has 0 saturated carbocycles. The first-order valence-corrected chi connectivity index (χ1v) is 9.26. The number of rotatable bonds is 5. The molecule has 2 N–H and O–H groups in total. The summed E-state index contributed by atoms with van der Waals surface area (Å²) in [6.45, 7) is 0. The average Bonchev–Trinajstić information content (AvgIpc) is 3.32. The van der Waals surface area contributed by atoms with Gasteiger partial charge in [-0.15, -0.1) is 10.2 Å². The number of nitrogens with two attached hydrogens (primary N) is 1. The van der Waals surface area contributed by atoms with E-state index in [9.17, 15) is 0 Å². The molecule has 8 heteroatoms. The van der Waals surface area contributed by atoms with E-state index in [1.165, 1.54) is 16.4 Å². The van der Waals surface area contributed by atoms with Crippen LogP contribution in [0.15, 0.2) is 72.1 Å². The minimum Gasteiger partial charge on any atom is -0.335 e. The van der Waals surface area contributed by atoms with Gasteiger partial charge in [-0.3, -0.25) is 0 Å². The number of nitrogens with zero attached hydrogens (tertiary/aromatic N) is 5. The molecule has 2 aromatic carbocycles. The Kier molecular flexibility index (Phi) is 4.64. The van der Waals surface area contributed by atoms with Crippen molar-refractivity contribution in [2.45, 2.75) is 10.9 Å². The highest BCUT2D eigenvalue weighted by atomic mass is 35.5. The van der Waals surface area contributed by atoms with Gasteiger partial charge in [0.2, 0.25) is 5.16 Å². The number of benzene rings is 2. The third-order valence-electron chi connectivity index (χ3n) is 3.85. The molecule has 130 valence electrons. The molecule has 0 aliphatic heterocycles. The van der Waals surface area contributed by atoms with Gasteiger partial charge < -0.3 is 5.84 Å². The minimum absolute atomic E-state index is 0.548. The number of nitrogen functional groups attached to an aromatic ring is 1. The van der Waals surface area contributed by atoms with Crippen molar-refractivity contribution in [1.82, 2.24) is 24.7 Å². The summed E-state index contributed by atoms with van der Waals surface area (Å²) in [4.78, 5) is 0. The first-order chi connectivity index (χ1) is 12.7. The lowest BCUT2D eigenvalue weighted by molar-refractivity contribution is 0.849. The molecule has 0 aliphatic carbocycles. The van der Waals surface area contributed by atoms with Crippen molar-refractivity contribution in [2.24, 2.45) is 0 Å². The Hall–Kier alpha value is -2.77. The Morgan fingerprint density at radius 3 is 2.54 bits per heavy atom. The highest BCUT2D eigenvalue weighted by molar-refractivity contribution is 7.98. The van der Waals surface area contributed by atoms with E-state index in [4.69, 9.17) is 17.4 Å². The van der Waals surface area contributed by atoms with Crippen LogP contribution in [0.25, 0.3) is 17.1 Å². The Labute approximate surface area is 159 Å². The van der Waals surface area contributed by atoms with Crippen LogP contribution in [-0.2, 0) is 5.75 Å². The highest BCUT2D eigenvalue weighted by Gasteiger charge is 2.14. The van der Waals surface area contributed by atoms with Crippen LogP contribution in [0.4, 0.5) is 0 Å². The molecule has 0 saturated heterocycles. The second kappa shape index (κ2) is 7.23. The van der Waals surface area contributed by atoms with E-state index in [1.54, 1.807) is 12.3 Å². The maximum absolute atomic E-state index is 6.22. The molecule has 0 aliphatic rings. The Balaban J connectivity index is 1.48. The van der Waals surface area contributed by atoms with Crippen LogP contribution < -0.4 is 5.84 Å². The molecular formula is C18H15ClN6S. The first kappa shape index (κ1) is 16.7. The monoisotopic (exact) mass is 382 g/mol. The van der Waals surface area contributed by atoms with Crippen LogP contribution in [0.1, 0.15) is 5.56 Å². The Bertz CT molecular complexity index is 1010. The highest BCUT2D eigenvalue weighted by Crippen LogP contribution is 2.28. The summed E-state index contributed by atoms with van der Waals surface area (Å²) in [6.07, 6.45) is 3.67. The summed E-state index contributed by atoms with van der Waals surface area (Å²) >= 11 is 7.74. The van der Waals surface area contributed by atoms with Crippen molar-refractivity contribution in [3.05, 3.63) is 77.6 Å². The summed E-state index contributed by atoms with van der Waals surface area (Å²) in [7, 11) is 0. The van der Waals surface area contributed by atoms with Gasteiger partial charge in [-0.1, -0.05) is 47.6 Å². The summed E-state index contributed by atoms with van der Waals surface area (Å²) < 4.78 is 3.30. The second-order valence-electron chi connectivity index (χ2n) is 5.56. The predicted octanol–water partition coefficient (Wildman–Crippen LogP) is 3.79. The molecule has 0 atom stereocenters. The molecule has 0 bridgehead atoms. The van der Waals surface area contributed by atoms with Crippen molar-refractivity contribution in [3.8, 4) is 17.1 Å². The molecule has 0 spiro atoms. The third kappa shape index (κ3) is 3.31. The van der Waals surface area contributed by atoms with E-state index in [0.717, 1.165) is 22.6 Å². The summed E-state index contributed by atoms with van der Waals surface area (Å²) in [5.74, 6) is 7.44.